The maximum Gasteiger partial charge on any atom is 0.252 e. The Kier molecular flexibility index (Phi) is 1.97. The SMILES string of the molecule is O=c1ccc2cccnc2n1C1CC2(CCC2)C1. The van der Waals surface area contributed by atoms with Crippen LogP contribution in [0.5, 0.6) is 0 Å². The zero-order chi connectivity index (χ0) is 12.2. The second kappa shape index (κ2) is 3.44. The lowest BCUT2D eigenvalue weighted by atomic mass is 9.54. The van der Waals surface area contributed by atoms with Gasteiger partial charge in [0.25, 0.3) is 5.56 Å². The van der Waals surface area contributed by atoms with Gasteiger partial charge in [0.15, 0.2) is 0 Å². The topological polar surface area (TPSA) is 34.9 Å². The second-order valence-corrected chi connectivity index (χ2v) is 5.87. The van der Waals surface area contributed by atoms with Crippen molar-refractivity contribution < 1.29 is 0 Å². The van der Waals surface area contributed by atoms with E-state index in [0.717, 1.165) is 11.0 Å². The molecule has 0 N–H and O–H groups in total. The highest BCUT2D eigenvalue weighted by molar-refractivity contribution is 5.74. The normalized spacial score (nSPS) is 21.8. The van der Waals surface area contributed by atoms with Gasteiger partial charge in [0.05, 0.1) is 0 Å². The maximum absolute atomic E-state index is 12.1. The molecule has 2 aromatic heterocycles. The predicted octanol–water partition coefficient (Wildman–Crippen LogP) is 2.90. The molecule has 3 nitrogen and oxygen atoms in total. The van der Waals surface area contributed by atoms with E-state index < -0.39 is 0 Å². The van der Waals surface area contributed by atoms with E-state index in [1.165, 1.54) is 32.1 Å². The molecule has 0 unspecified atom stereocenters. The van der Waals surface area contributed by atoms with Crippen molar-refractivity contribution in [3.63, 3.8) is 0 Å². The number of hydrogen-bond acceptors (Lipinski definition) is 2. The minimum Gasteiger partial charge on any atom is -0.290 e. The van der Waals surface area contributed by atoms with Crippen LogP contribution in [0.2, 0.25) is 0 Å². The molecule has 2 heterocycles. The number of pyridine rings is 2. The first kappa shape index (κ1) is 10.3. The van der Waals surface area contributed by atoms with Crippen LogP contribution >= 0.6 is 0 Å². The van der Waals surface area contributed by atoms with Gasteiger partial charge in [0.2, 0.25) is 0 Å². The fourth-order valence-corrected chi connectivity index (χ4v) is 3.65. The molecule has 18 heavy (non-hydrogen) atoms. The summed E-state index contributed by atoms with van der Waals surface area (Å²) in [7, 11) is 0. The van der Waals surface area contributed by atoms with Crippen LogP contribution in [0.15, 0.2) is 35.3 Å². The summed E-state index contributed by atoms with van der Waals surface area (Å²) in [6.45, 7) is 0. The quantitative estimate of drug-likeness (QED) is 0.768. The van der Waals surface area contributed by atoms with Gasteiger partial charge in [0, 0.05) is 23.7 Å². The molecule has 0 atom stereocenters. The Labute approximate surface area is 105 Å². The molecular formula is C15H16N2O. The van der Waals surface area contributed by atoms with Gasteiger partial charge in [-0.2, -0.15) is 0 Å². The maximum atomic E-state index is 12.1. The summed E-state index contributed by atoms with van der Waals surface area (Å²) in [6, 6.07) is 7.87. The third kappa shape index (κ3) is 1.30. The number of nitrogens with zero attached hydrogens (tertiary/aromatic N) is 2. The number of fused-ring (bicyclic) bond motifs is 1. The largest absolute Gasteiger partial charge is 0.290 e. The highest BCUT2D eigenvalue weighted by Crippen LogP contribution is 2.60. The highest BCUT2D eigenvalue weighted by atomic mass is 16.1. The molecule has 2 aliphatic rings. The molecule has 0 aromatic carbocycles. The molecule has 4 rings (SSSR count). The lowest BCUT2D eigenvalue weighted by Crippen LogP contribution is -2.46. The van der Waals surface area contributed by atoms with Gasteiger partial charge >= 0.3 is 0 Å². The Morgan fingerprint density at radius 3 is 2.78 bits per heavy atom. The summed E-state index contributed by atoms with van der Waals surface area (Å²) >= 11 is 0. The van der Waals surface area contributed by atoms with E-state index >= 15 is 0 Å². The first-order chi connectivity index (χ1) is 8.77. The molecule has 2 saturated carbocycles. The van der Waals surface area contributed by atoms with E-state index in [2.05, 4.69) is 4.98 Å². The number of aromatic nitrogens is 2. The Balaban J connectivity index is 1.80. The average molecular weight is 240 g/mol. The Bertz CT molecular complexity index is 661. The fourth-order valence-electron chi connectivity index (χ4n) is 3.65. The third-order valence-corrected chi connectivity index (χ3v) is 4.80. The lowest BCUT2D eigenvalue weighted by molar-refractivity contribution is -0.0171. The van der Waals surface area contributed by atoms with Crippen molar-refractivity contribution >= 4 is 11.0 Å². The average Bonchev–Trinajstić information content (AvgIpc) is 2.28. The zero-order valence-electron chi connectivity index (χ0n) is 10.3. The van der Waals surface area contributed by atoms with Crippen LogP contribution in [0.4, 0.5) is 0 Å². The molecule has 2 aromatic rings. The smallest absolute Gasteiger partial charge is 0.252 e. The van der Waals surface area contributed by atoms with Crippen molar-refractivity contribution in [1.29, 1.82) is 0 Å². The lowest BCUT2D eigenvalue weighted by Gasteiger charge is -2.54. The van der Waals surface area contributed by atoms with Crippen LogP contribution in [0.1, 0.15) is 38.1 Å². The van der Waals surface area contributed by atoms with E-state index in [1.807, 2.05) is 22.8 Å². The molecule has 0 radical (unpaired) electrons. The van der Waals surface area contributed by atoms with E-state index in [1.54, 1.807) is 12.3 Å². The van der Waals surface area contributed by atoms with Crippen LogP contribution in [0, 0.1) is 5.41 Å². The summed E-state index contributed by atoms with van der Waals surface area (Å²) in [6.07, 6.45) is 8.20. The van der Waals surface area contributed by atoms with Crippen LogP contribution in [0.25, 0.3) is 11.0 Å². The van der Waals surface area contributed by atoms with Gasteiger partial charge in [-0.05, 0) is 49.3 Å². The molecule has 0 aliphatic heterocycles. The van der Waals surface area contributed by atoms with Crippen molar-refractivity contribution in [2.45, 2.75) is 38.1 Å². The Morgan fingerprint density at radius 1 is 1.22 bits per heavy atom. The Morgan fingerprint density at radius 2 is 2.06 bits per heavy atom. The van der Waals surface area contributed by atoms with Crippen molar-refractivity contribution in [3.8, 4) is 0 Å². The minimum atomic E-state index is 0.0976. The molecule has 0 saturated heterocycles. The second-order valence-electron chi connectivity index (χ2n) is 5.87. The standard InChI is InChI=1S/C15H16N2O/c18-13-5-4-11-3-1-8-16-14(11)17(13)12-9-15(10-12)6-2-7-15/h1,3-5,8,12H,2,6-7,9-10H2. The number of rotatable bonds is 1. The summed E-state index contributed by atoms with van der Waals surface area (Å²) in [5.41, 5.74) is 1.53. The van der Waals surface area contributed by atoms with E-state index in [0.29, 0.717) is 11.5 Å². The third-order valence-electron chi connectivity index (χ3n) is 4.80. The predicted molar refractivity (Wildman–Crippen MR) is 70.6 cm³/mol. The van der Waals surface area contributed by atoms with E-state index in [9.17, 15) is 4.79 Å². The van der Waals surface area contributed by atoms with Gasteiger partial charge in [-0.1, -0.05) is 6.42 Å². The highest BCUT2D eigenvalue weighted by Gasteiger charge is 2.49. The van der Waals surface area contributed by atoms with E-state index in [-0.39, 0.29) is 5.56 Å². The first-order valence-electron chi connectivity index (χ1n) is 6.74. The summed E-state index contributed by atoms with van der Waals surface area (Å²) in [5.74, 6) is 0. The molecule has 0 bridgehead atoms. The van der Waals surface area contributed by atoms with Crippen molar-refractivity contribution in [2.24, 2.45) is 5.41 Å². The summed E-state index contributed by atoms with van der Waals surface area (Å²) < 4.78 is 1.92. The van der Waals surface area contributed by atoms with Crippen LogP contribution in [0.3, 0.4) is 0 Å². The minimum absolute atomic E-state index is 0.0976. The first-order valence-corrected chi connectivity index (χ1v) is 6.74. The van der Waals surface area contributed by atoms with Crippen LogP contribution in [-0.2, 0) is 0 Å². The fraction of sp³-hybridized carbons (Fsp3) is 0.467. The van der Waals surface area contributed by atoms with E-state index in [4.69, 9.17) is 0 Å². The van der Waals surface area contributed by atoms with Crippen molar-refractivity contribution in [1.82, 2.24) is 9.55 Å². The number of hydrogen-bond donors (Lipinski definition) is 0. The molecule has 2 aliphatic carbocycles. The van der Waals surface area contributed by atoms with Crippen LogP contribution in [-0.4, -0.2) is 9.55 Å². The summed E-state index contributed by atoms with van der Waals surface area (Å²) in [5, 5.41) is 1.06. The molecule has 0 amide bonds. The van der Waals surface area contributed by atoms with Gasteiger partial charge in [-0.15, -0.1) is 0 Å². The Hall–Kier alpha value is -1.64. The van der Waals surface area contributed by atoms with Gasteiger partial charge in [-0.3, -0.25) is 9.36 Å². The molecule has 92 valence electrons. The van der Waals surface area contributed by atoms with Crippen molar-refractivity contribution in [3.05, 3.63) is 40.8 Å². The molecule has 3 heteroatoms. The molecule has 1 spiro atoms. The van der Waals surface area contributed by atoms with Gasteiger partial charge < -0.3 is 0 Å². The van der Waals surface area contributed by atoms with Gasteiger partial charge in [-0.25, -0.2) is 4.98 Å². The van der Waals surface area contributed by atoms with Crippen molar-refractivity contribution in [2.75, 3.05) is 0 Å². The monoisotopic (exact) mass is 240 g/mol. The van der Waals surface area contributed by atoms with Crippen LogP contribution < -0.4 is 5.56 Å². The summed E-state index contributed by atoms with van der Waals surface area (Å²) in [4.78, 5) is 16.5. The zero-order valence-corrected chi connectivity index (χ0v) is 10.3. The molecule has 2 fully saturated rings. The molecular weight excluding hydrogens is 224 g/mol. The van der Waals surface area contributed by atoms with Gasteiger partial charge in [0.1, 0.15) is 5.65 Å².